The first-order valence-corrected chi connectivity index (χ1v) is 17.2. The number of allylic oxidation sites excluding steroid dienone is 6. The van der Waals surface area contributed by atoms with E-state index in [1.165, 1.54) is 48.1 Å². The van der Waals surface area contributed by atoms with Gasteiger partial charge in [0.1, 0.15) is 17.3 Å². The number of aromatic nitrogens is 2. The number of benzene rings is 1. The van der Waals surface area contributed by atoms with E-state index in [0.717, 1.165) is 24.1 Å². The van der Waals surface area contributed by atoms with E-state index < -0.39 is 11.6 Å². The van der Waals surface area contributed by atoms with E-state index in [0.29, 0.717) is 45.8 Å². The number of H-pyrrole nitrogens is 1. The molecular weight excluding hydrogens is 617 g/mol. The van der Waals surface area contributed by atoms with Crippen LogP contribution in [0.5, 0.6) is 0 Å². The van der Waals surface area contributed by atoms with Gasteiger partial charge in [0.2, 0.25) is 6.41 Å². The summed E-state index contributed by atoms with van der Waals surface area (Å²) in [7, 11) is 3.21. The molecule has 0 bridgehead atoms. The Labute approximate surface area is 284 Å². The van der Waals surface area contributed by atoms with Crippen molar-refractivity contribution < 1.29 is 13.6 Å². The van der Waals surface area contributed by atoms with Crippen LogP contribution in [0.1, 0.15) is 79.3 Å². The minimum atomic E-state index is -0.677. The van der Waals surface area contributed by atoms with Gasteiger partial charge >= 0.3 is 0 Å². The number of amides is 1. The fourth-order valence-corrected chi connectivity index (χ4v) is 4.63. The van der Waals surface area contributed by atoms with Crippen LogP contribution in [0.2, 0.25) is 0 Å². The first kappa shape index (κ1) is 41.0. The largest absolute Gasteiger partial charge is 0.333 e. The number of halogens is 2. The summed E-state index contributed by atoms with van der Waals surface area (Å²) in [5.74, 6) is 0.140. The van der Waals surface area contributed by atoms with Crippen LogP contribution in [0.25, 0.3) is 0 Å². The summed E-state index contributed by atoms with van der Waals surface area (Å²) in [6, 6.07) is 4.44. The summed E-state index contributed by atoms with van der Waals surface area (Å²) < 4.78 is 29.8. The summed E-state index contributed by atoms with van der Waals surface area (Å²) in [5, 5.41) is 13.1. The number of unbranched alkanes of at least 4 members (excludes halogenated alkanes) is 1. The Balaban J connectivity index is 0.00000108. The topological polar surface area (TPSA) is 97.8 Å². The third kappa shape index (κ3) is 13.7. The third-order valence-electron chi connectivity index (χ3n) is 6.72. The average Bonchev–Trinajstić information content (AvgIpc) is 3.78. The zero-order chi connectivity index (χ0) is 35.5. The van der Waals surface area contributed by atoms with Crippen LogP contribution in [0.3, 0.4) is 0 Å². The third-order valence-corrected chi connectivity index (χ3v) is 7.43. The zero-order valence-electron chi connectivity index (χ0n) is 29.7. The standard InChI is InChI=1S/C27H33F2N7OS.C6H12.C3H8/c1-15(31-14-37)10-23(30-5)17(3)25(19-8-9-19)27(33-24-11-16(2)34-35-24)32-18(4)36(6)26-21(28)12-20(38-7)13-22(26)29;1-3-5-6-4-2;1-3-2/h10-14,19H,3,8-9H2,1-2,4-7H3,(H,31,37)(H2,33,34,35);3,5H,4,6H2,1-2H3;3H2,1-2H3/b15-10+,27-25-,30-23?,32-18+;5-3-;. The maximum atomic E-state index is 14.9. The molecule has 3 rings (SSSR count). The summed E-state index contributed by atoms with van der Waals surface area (Å²) in [5.41, 5.74) is 3.27. The zero-order valence-corrected chi connectivity index (χ0v) is 30.5. The fraction of sp³-hybridized carbons (Fsp3) is 0.444. The van der Waals surface area contributed by atoms with Gasteiger partial charge in [0.15, 0.2) is 17.5 Å². The molecular formula is C36H53F2N7OS. The first-order chi connectivity index (χ1) is 22.4. The number of carbonyl (C=O) groups is 1. The molecule has 1 amide bonds. The van der Waals surface area contributed by atoms with Crippen LogP contribution in [-0.2, 0) is 4.79 Å². The molecule has 1 fully saturated rings. The number of amidine groups is 1. The monoisotopic (exact) mass is 669 g/mol. The number of nitrogens with zero attached hydrogens (tertiary/aromatic N) is 4. The predicted molar refractivity (Wildman–Crippen MR) is 197 cm³/mol. The Morgan fingerprint density at radius 2 is 1.81 bits per heavy atom. The van der Waals surface area contributed by atoms with Crippen molar-refractivity contribution >= 4 is 41.2 Å². The predicted octanol–water partition coefficient (Wildman–Crippen LogP) is 9.36. The molecule has 2 aromatic rings. The van der Waals surface area contributed by atoms with Gasteiger partial charge in [-0.2, -0.15) is 5.10 Å². The van der Waals surface area contributed by atoms with E-state index in [-0.39, 0.29) is 11.6 Å². The molecule has 0 atom stereocenters. The summed E-state index contributed by atoms with van der Waals surface area (Å²) in [4.78, 5) is 21.9. The lowest BCUT2D eigenvalue weighted by atomic mass is 9.97. The molecule has 11 heteroatoms. The molecule has 47 heavy (non-hydrogen) atoms. The van der Waals surface area contributed by atoms with E-state index in [4.69, 9.17) is 4.99 Å². The highest BCUT2D eigenvalue weighted by atomic mass is 32.2. The summed E-state index contributed by atoms with van der Waals surface area (Å²) in [6.45, 7) is 18.1. The van der Waals surface area contributed by atoms with Crippen LogP contribution < -0.4 is 15.5 Å². The van der Waals surface area contributed by atoms with E-state index >= 15 is 0 Å². The van der Waals surface area contributed by atoms with Crippen molar-refractivity contribution in [3.05, 3.63) is 83.0 Å². The van der Waals surface area contributed by atoms with E-state index in [1.807, 2.05) is 13.0 Å². The number of rotatable bonds is 13. The molecule has 1 aromatic carbocycles. The number of aliphatic imine (C=N–C) groups is 2. The van der Waals surface area contributed by atoms with Crippen LogP contribution >= 0.6 is 11.8 Å². The number of anilines is 2. The Hall–Kier alpha value is -3.99. The Kier molecular flexibility index (Phi) is 19.0. The number of carbonyl (C=O) groups excluding carboxylic acids is 1. The van der Waals surface area contributed by atoms with Crippen molar-refractivity contribution in [2.45, 2.75) is 85.5 Å². The van der Waals surface area contributed by atoms with E-state index in [1.54, 1.807) is 40.3 Å². The number of aryl methyl sites for hydroxylation is 1. The van der Waals surface area contributed by atoms with Crippen LogP contribution in [0.4, 0.5) is 20.3 Å². The van der Waals surface area contributed by atoms with Crippen LogP contribution in [0, 0.1) is 24.5 Å². The number of aromatic amines is 1. The van der Waals surface area contributed by atoms with Crippen molar-refractivity contribution in [3.63, 3.8) is 0 Å². The number of thioether (sulfide) groups is 1. The van der Waals surface area contributed by atoms with Crippen molar-refractivity contribution in [1.82, 2.24) is 15.5 Å². The molecule has 0 spiro atoms. The molecule has 1 aliphatic carbocycles. The quantitative estimate of drug-likeness (QED) is 0.0493. The summed E-state index contributed by atoms with van der Waals surface area (Å²) in [6.07, 6.45) is 14.0. The van der Waals surface area contributed by atoms with Gasteiger partial charge in [-0.05, 0) is 82.9 Å². The highest BCUT2D eigenvalue weighted by Crippen LogP contribution is 2.42. The van der Waals surface area contributed by atoms with Gasteiger partial charge in [-0.3, -0.25) is 14.9 Å². The molecule has 0 unspecified atom stereocenters. The molecule has 8 nitrogen and oxygen atoms in total. The van der Waals surface area contributed by atoms with Crippen molar-refractivity contribution in [2.75, 3.05) is 30.6 Å². The van der Waals surface area contributed by atoms with Gasteiger partial charge in [-0.1, -0.05) is 52.3 Å². The highest BCUT2D eigenvalue weighted by Gasteiger charge is 2.32. The number of nitrogens with one attached hydrogen (secondary N) is 3. The lowest BCUT2D eigenvalue weighted by Gasteiger charge is -2.22. The Bertz CT molecular complexity index is 1450. The molecule has 3 N–H and O–H groups in total. The average molecular weight is 670 g/mol. The van der Waals surface area contributed by atoms with Crippen molar-refractivity contribution in [3.8, 4) is 0 Å². The minimum absolute atomic E-state index is 0.158. The van der Waals surface area contributed by atoms with Gasteiger partial charge in [-0.15, -0.1) is 11.8 Å². The lowest BCUT2D eigenvalue weighted by Crippen LogP contribution is -2.26. The van der Waals surface area contributed by atoms with E-state index in [9.17, 15) is 13.6 Å². The SMILES string of the molecule is C/C=C\CCC.C=C(C(/C=C(\C)NC=O)=NC)/C(=C(\N=C(/C)N(C)c1c(F)cc(SC)cc1F)Nc1cc(C)[nH]n1)C1CC1.CCC. The first-order valence-electron chi connectivity index (χ1n) is 15.9. The lowest BCUT2D eigenvalue weighted by molar-refractivity contribution is -0.108. The molecule has 0 radical (unpaired) electrons. The van der Waals surface area contributed by atoms with Crippen LogP contribution in [0.15, 0.2) is 80.6 Å². The Morgan fingerprint density at radius 1 is 1.19 bits per heavy atom. The van der Waals surface area contributed by atoms with Gasteiger partial charge in [-0.25, -0.2) is 13.8 Å². The fourth-order valence-electron chi connectivity index (χ4n) is 4.19. The van der Waals surface area contributed by atoms with Gasteiger partial charge in [0, 0.05) is 42.0 Å². The van der Waals surface area contributed by atoms with Gasteiger partial charge < -0.3 is 15.5 Å². The van der Waals surface area contributed by atoms with E-state index in [2.05, 4.69) is 72.2 Å². The van der Waals surface area contributed by atoms with Gasteiger partial charge in [0.05, 0.1) is 5.71 Å². The molecule has 0 aliphatic heterocycles. The maximum Gasteiger partial charge on any atom is 0.211 e. The highest BCUT2D eigenvalue weighted by molar-refractivity contribution is 7.98. The number of hydrogen-bond donors (Lipinski definition) is 3. The normalized spacial score (nSPS) is 14.0. The second kappa shape index (κ2) is 21.7. The molecule has 1 aliphatic rings. The molecule has 1 aromatic heterocycles. The molecule has 1 saturated carbocycles. The van der Waals surface area contributed by atoms with Crippen molar-refractivity contribution in [2.24, 2.45) is 15.9 Å². The minimum Gasteiger partial charge on any atom is -0.333 e. The van der Waals surface area contributed by atoms with Gasteiger partial charge in [0.25, 0.3) is 0 Å². The molecule has 258 valence electrons. The summed E-state index contributed by atoms with van der Waals surface area (Å²) >= 11 is 1.26. The maximum absolute atomic E-state index is 14.9. The second-order valence-electron chi connectivity index (χ2n) is 11.0. The van der Waals surface area contributed by atoms with Crippen LogP contribution in [-0.4, -0.2) is 48.5 Å². The van der Waals surface area contributed by atoms with Crippen molar-refractivity contribution in [1.29, 1.82) is 0 Å². The molecule has 1 heterocycles. The Morgan fingerprint density at radius 3 is 2.23 bits per heavy atom. The molecule has 0 saturated heterocycles. The second-order valence-corrected chi connectivity index (χ2v) is 11.9. The smallest absolute Gasteiger partial charge is 0.211 e. The number of hydrogen-bond acceptors (Lipinski definition) is 6.